The largest absolute Gasteiger partial charge is 0.416 e. The molecule has 0 spiro atoms. The van der Waals surface area contributed by atoms with Gasteiger partial charge in [0.25, 0.3) is 0 Å². The van der Waals surface area contributed by atoms with Gasteiger partial charge in [-0.1, -0.05) is 6.07 Å². The third-order valence-corrected chi connectivity index (χ3v) is 5.52. The Morgan fingerprint density at radius 2 is 1.79 bits per heavy atom. The van der Waals surface area contributed by atoms with Crippen LogP contribution in [0.2, 0.25) is 0 Å². The predicted octanol–water partition coefficient (Wildman–Crippen LogP) is 1.64. The predicted molar refractivity (Wildman–Crippen MR) is 97.3 cm³/mol. The molecule has 29 heavy (non-hydrogen) atoms. The molecule has 0 aliphatic heterocycles. The monoisotopic (exact) mass is 427 g/mol. The van der Waals surface area contributed by atoms with Gasteiger partial charge < -0.3 is 0 Å². The average molecular weight is 427 g/mol. The molecular formula is C17H16F3N5O3S. The summed E-state index contributed by atoms with van der Waals surface area (Å²) in [6, 6.07) is 8.26. The highest BCUT2D eigenvalue weighted by molar-refractivity contribution is 7.89. The Morgan fingerprint density at radius 1 is 1.10 bits per heavy atom. The highest BCUT2D eigenvalue weighted by atomic mass is 32.2. The summed E-state index contributed by atoms with van der Waals surface area (Å²) in [4.78, 5) is 16.1. The average Bonchev–Trinajstić information content (AvgIpc) is 2.96. The number of pyridine rings is 1. The van der Waals surface area contributed by atoms with Gasteiger partial charge in [-0.05, 0) is 36.4 Å². The number of hydrogen-bond acceptors (Lipinski definition) is 5. The van der Waals surface area contributed by atoms with E-state index in [4.69, 9.17) is 0 Å². The summed E-state index contributed by atoms with van der Waals surface area (Å²) < 4.78 is 66.9. The summed E-state index contributed by atoms with van der Waals surface area (Å²) >= 11 is 0. The molecule has 0 aliphatic rings. The molecule has 0 saturated carbocycles. The van der Waals surface area contributed by atoms with Crippen LogP contribution in [0, 0.1) is 0 Å². The van der Waals surface area contributed by atoms with E-state index in [1.165, 1.54) is 11.6 Å². The van der Waals surface area contributed by atoms with E-state index in [0.29, 0.717) is 23.7 Å². The number of benzene rings is 1. The van der Waals surface area contributed by atoms with Gasteiger partial charge in [0.05, 0.1) is 17.0 Å². The molecule has 0 aliphatic carbocycles. The first kappa shape index (κ1) is 20.7. The van der Waals surface area contributed by atoms with E-state index in [1.807, 2.05) is 0 Å². The van der Waals surface area contributed by atoms with Gasteiger partial charge >= 0.3 is 11.9 Å². The van der Waals surface area contributed by atoms with Crippen molar-refractivity contribution in [2.75, 3.05) is 6.54 Å². The van der Waals surface area contributed by atoms with Crippen molar-refractivity contribution in [2.45, 2.75) is 17.6 Å². The van der Waals surface area contributed by atoms with Crippen LogP contribution in [-0.2, 0) is 29.8 Å². The van der Waals surface area contributed by atoms with Crippen LogP contribution in [0.3, 0.4) is 0 Å². The molecule has 0 unspecified atom stereocenters. The number of rotatable bonds is 6. The molecule has 12 heteroatoms. The second kappa shape index (κ2) is 7.79. The van der Waals surface area contributed by atoms with E-state index in [2.05, 4.69) is 14.8 Å². The standard InChI is InChI=1S/C17H16F3N5O3S/c1-24-15(14-4-2-3-9-21-14)23-25(16(24)26)11-10-22-29(27,28)13-7-5-12(6-8-13)17(18,19)20/h2-9,22H,10-11H2,1H3. The zero-order valence-electron chi connectivity index (χ0n) is 15.1. The smallest absolute Gasteiger partial charge is 0.277 e. The number of aromatic nitrogens is 4. The van der Waals surface area contributed by atoms with Crippen LogP contribution in [0.1, 0.15) is 5.56 Å². The normalized spacial score (nSPS) is 12.3. The first-order chi connectivity index (χ1) is 13.6. The fourth-order valence-electron chi connectivity index (χ4n) is 2.54. The molecule has 1 aromatic carbocycles. The highest BCUT2D eigenvalue weighted by Crippen LogP contribution is 2.29. The maximum absolute atomic E-state index is 12.6. The van der Waals surface area contributed by atoms with Crippen LogP contribution in [-0.4, -0.2) is 34.3 Å². The summed E-state index contributed by atoms with van der Waals surface area (Å²) in [5.74, 6) is 0.321. The van der Waals surface area contributed by atoms with Crippen LogP contribution < -0.4 is 10.4 Å². The number of sulfonamides is 1. The van der Waals surface area contributed by atoms with E-state index >= 15 is 0 Å². The van der Waals surface area contributed by atoms with Crippen molar-refractivity contribution in [3.8, 4) is 11.5 Å². The van der Waals surface area contributed by atoms with Crippen molar-refractivity contribution in [3.05, 3.63) is 64.7 Å². The second-order valence-corrected chi connectivity index (χ2v) is 7.79. The van der Waals surface area contributed by atoms with Crippen LogP contribution in [0.4, 0.5) is 13.2 Å². The Labute approximate surface area is 163 Å². The third-order valence-electron chi connectivity index (χ3n) is 4.04. The molecule has 0 fully saturated rings. The van der Waals surface area contributed by atoms with Crippen molar-refractivity contribution in [1.29, 1.82) is 0 Å². The van der Waals surface area contributed by atoms with Crippen molar-refractivity contribution in [3.63, 3.8) is 0 Å². The Balaban J connectivity index is 1.70. The minimum atomic E-state index is -4.55. The second-order valence-electron chi connectivity index (χ2n) is 6.02. The fraction of sp³-hybridized carbons (Fsp3) is 0.235. The Hall–Kier alpha value is -2.99. The molecule has 3 rings (SSSR count). The van der Waals surface area contributed by atoms with Crippen LogP contribution in [0.25, 0.3) is 11.5 Å². The molecule has 3 aromatic rings. The van der Waals surface area contributed by atoms with Crippen LogP contribution in [0.5, 0.6) is 0 Å². The quantitative estimate of drug-likeness (QED) is 0.645. The summed E-state index contributed by atoms with van der Waals surface area (Å²) in [6.07, 6.45) is -3.00. The minimum absolute atomic E-state index is 0.0701. The van der Waals surface area contributed by atoms with Gasteiger partial charge in [0.2, 0.25) is 10.0 Å². The summed E-state index contributed by atoms with van der Waals surface area (Å²) in [7, 11) is -2.52. The van der Waals surface area contributed by atoms with Crippen molar-refractivity contribution < 1.29 is 21.6 Å². The van der Waals surface area contributed by atoms with Crippen molar-refractivity contribution >= 4 is 10.0 Å². The molecule has 0 bridgehead atoms. The van der Waals surface area contributed by atoms with E-state index in [9.17, 15) is 26.4 Å². The van der Waals surface area contributed by atoms with E-state index < -0.39 is 27.5 Å². The van der Waals surface area contributed by atoms with Gasteiger partial charge in [0.1, 0.15) is 5.69 Å². The topological polar surface area (TPSA) is 98.9 Å². The molecule has 2 heterocycles. The van der Waals surface area contributed by atoms with E-state index in [0.717, 1.165) is 16.8 Å². The Bertz CT molecular complexity index is 1150. The number of alkyl halides is 3. The maximum Gasteiger partial charge on any atom is 0.416 e. The van der Waals surface area contributed by atoms with Gasteiger partial charge in [-0.15, -0.1) is 5.10 Å². The van der Waals surface area contributed by atoms with Crippen LogP contribution >= 0.6 is 0 Å². The molecule has 2 aromatic heterocycles. The van der Waals surface area contributed by atoms with Gasteiger partial charge in [-0.2, -0.15) is 13.2 Å². The number of nitrogens with zero attached hydrogens (tertiary/aromatic N) is 4. The number of hydrogen-bond donors (Lipinski definition) is 1. The van der Waals surface area contributed by atoms with Gasteiger partial charge in [0, 0.05) is 19.8 Å². The lowest BCUT2D eigenvalue weighted by Crippen LogP contribution is -2.31. The lowest BCUT2D eigenvalue weighted by Gasteiger charge is -2.09. The maximum atomic E-state index is 12.6. The molecule has 1 N–H and O–H groups in total. The highest BCUT2D eigenvalue weighted by Gasteiger charge is 2.30. The molecule has 8 nitrogen and oxygen atoms in total. The van der Waals surface area contributed by atoms with Crippen LogP contribution in [0.15, 0.2) is 58.4 Å². The number of halogens is 3. The molecule has 0 saturated heterocycles. The Morgan fingerprint density at radius 3 is 2.38 bits per heavy atom. The minimum Gasteiger partial charge on any atom is -0.277 e. The molecule has 0 atom stereocenters. The van der Waals surface area contributed by atoms with Crippen molar-refractivity contribution in [1.82, 2.24) is 24.1 Å². The van der Waals surface area contributed by atoms with E-state index in [-0.39, 0.29) is 18.0 Å². The van der Waals surface area contributed by atoms with Gasteiger partial charge in [0.15, 0.2) is 5.82 Å². The third kappa shape index (κ3) is 4.54. The van der Waals surface area contributed by atoms with Crippen molar-refractivity contribution in [2.24, 2.45) is 7.05 Å². The summed E-state index contributed by atoms with van der Waals surface area (Å²) in [5, 5.41) is 4.16. The molecule has 0 amide bonds. The fourth-order valence-corrected chi connectivity index (χ4v) is 3.57. The van der Waals surface area contributed by atoms with E-state index in [1.54, 1.807) is 24.4 Å². The Kier molecular flexibility index (Phi) is 5.57. The zero-order chi connectivity index (χ0) is 21.2. The summed E-state index contributed by atoms with van der Waals surface area (Å²) in [6.45, 7) is -0.249. The first-order valence-corrected chi connectivity index (χ1v) is 9.80. The molecular weight excluding hydrogens is 411 g/mol. The molecule has 0 radical (unpaired) electrons. The SMILES string of the molecule is Cn1c(-c2ccccn2)nn(CCNS(=O)(=O)c2ccc(C(F)(F)F)cc2)c1=O. The van der Waals surface area contributed by atoms with Gasteiger partial charge in [-0.3, -0.25) is 9.55 Å². The van der Waals surface area contributed by atoms with Gasteiger partial charge in [-0.25, -0.2) is 22.6 Å². The number of nitrogens with one attached hydrogen (secondary N) is 1. The molecule has 154 valence electrons. The first-order valence-electron chi connectivity index (χ1n) is 8.32. The zero-order valence-corrected chi connectivity index (χ0v) is 15.9. The lowest BCUT2D eigenvalue weighted by atomic mass is 10.2. The summed E-state index contributed by atoms with van der Waals surface area (Å²) in [5.41, 5.74) is -0.922. The lowest BCUT2D eigenvalue weighted by molar-refractivity contribution is -0.137.